The predicted molar refractivity (Wildman–Crippen MR) is 82.1 cm³/mol. The number of aryl methyl sites for hydroxylation is 1. The molecule has 6 heteroatoms. The van der Waals surface area contributed by atoms with Gasteiger partial charge in [-0.1, -0.05) is 15.9 Å². The van der Waals surface area contributed by atoms with Crippen LogP contribution in [0.3, 0.4) is 0 Å². The lowest BCUT2D eigenvalue weighted by molar-refractivity contribution is 0.306. The molecule has 0 saturated heterocycles. The molecule has 108 valence electrons. The van der Waals surface area contributed by atoms with Crippen LogP contribution in [-0.2, 0) is 6.54 Å². The highest BCUT2D eigenvalue weighted by Crippen LogP contribution is 2.19. The molecule has 20 heavy (non-hydrogen) atoms. The first-order chi connectivity index (χ1) is 9.83. The van der Waals surface area contributed by atoms with E-state index in [0.29, 0.717) is 5.82 Å². The number of halogens is 1. The Balaban J connectivity index is 1.86. The predicted octanol–water partition coefficient (Wildman–Crippen LogP) is 3.30. The summed E-state index contributed by atoms with van der Waals surface area (Å²) in [7, 11) is 0. The monoisotopic (exact) mass is 338 g/mol. The Kier molecular flexibility index (Phi) is 5.98. The molecule has 5 nitrogen and oxygen atoms in total. The smallest absolute Gasteiger partial charge is 0.204 e. The van der Waals surface area contributed by atoms with Gasteiger partial charge < -0.3 is 4.74 Å². The van der Waals surface area contributed by atoms with E-state index in [4.69, 9.17) is 4.74 Å². The van der Waals surface area contributed by atoms with Gasteiger partial charge in [-0.25, -0.2) is 0 Å². The zero-order valence-corrected chi connectivity index (χ0v) is 13.2. The summed E-state index contributed by atoms with van der Waals surface area (Å²) >= 11 is 3.42. The maximum absolute atomic E-state index is 5.69. The summed E-state index contributed by atoms with van der Waals surface area (Å²) in [6.45, 7) is 3.47. The molecule has 0 saturated carbocycles. The Morgan fingerprint density at radius 2 is 1.95 bits per heavy atom. The Labute approximate surface area is 127 Å². The fourth-order valence-corrected chi connectivity index (χ4v) is 2.15. The van der Waals surface area contributed by atoms with Gasteiger partial charge >= 0.3 is 0 Å². The van der Waals surface area contributed by atoms with E-state index in [1.807, 2.05) is 31.2 Å². The molecule has 2 aromatic rings. The van der Waals surface area contributed by atoms with Crippen LogP contribution in [0.2, 0.25) is 0 Å². The van der Waals surface area contributed by atoms with E-state index in [1.165, 1.54) is 12.8 Å². The summed E-state index contributed by atoms with van der Waals surface area (Å²) < 4.78 is 5.69. The molecule has 0 fully saturated rings. The molecule has 0 aliphatic rings. The Bertz CT molecular complexity index is 512. The van der Waals surface area contributed by atoms with Crippen LogP contribution in [0, 0.1) is 0 Å². The third kappa shape index (κ3) is 4.30. The highest BCUT2D eigenvalue weighted by atomic mass is 79.9. The number of tetrazole rings is 1. The van der Waals surface area contributed by atoms with E-state index in [-0.39, 0.29) is 0 Å². The van der Waals surface area contributed by atoms with Crippen molar-refractivity contribution < 1.29 is 4.74 Å². The zero-order chi connectivity index (χ0) is 14.2. The third-order valence-corrected chi connectivity index (χ3v) is 3.46. The first-order valence-corrected chi connectivity index (χ1v) is 8.02. The number of rotatable bonds is 8. The van der Waals surface area contributed by atoms with Gasteiger partial charge in [-0.15, -0.1) is 10.2 Å². The lowest BCUT2D eigenvalue weighted by atomic mass is 10.2. The number of unbranched alkanes of at least 4 members (excludes halogenated alkanes) is 2. The summed E-state index contributed by atoms with van der Waals surface area (Å²) in [5.41, 5.74) is 0.955. The van der Waals surface area contributed by atoms with E-state index in [1.54, 1.807) is 4.80 Å². The average Bonchev–Trinajstić information content (AvgIpc) is 2.97. The summed E-state index contributed by atoms with van der Waals surface area (Å²) in [6, 6.07) is 7.83. The maximum atomic E-state index is 5.69. The van der Waals surface area contributed by atoms with Crippen LogP contribution in [0.4, 0.5) is 0 Å². The minimum absolute atomic E-state index is 0.649. The molecular weight excluding hydrogens is 320 g/mol. The number of alkyl halides is 1. The number of nitrogens with zero attached hydrogens (tertiary/aromatic N) is 4. The lowest BCUT2D eigenvalue weighted by Gasteiger charge is -2.05. The normalized spacial score (nSPS) is 10.7. The zero-order valence-electron chi connectivity index (χ0n) is 11.6. The van der Waals surface area contributed by atoms with Gasteiger partial charge in [-0.05, 0) is 55.7 Å². The average molecular weight is 339 g/mol. The molecule has 1 heterocycles. The van der Waals surface area contributed by atoms with Crippen LogP contribution >= 0.6 is 15.9 Å². The Morgan fingerprint density at radius 1 is 1.15 bits per heavy atom. The van der Waals surface area contributed by atoms with Gasteiger partial charge in [0.1, 0.15) is 5.75 Å². The van der Waals surface area contributed by atoms with Crippen molar-refractivity contribution in [2.24, 2.45) is 0 Å². The molecule has 1 aromatic carbocycles. The minimum Gasteiger partial charge on any atom is -0.494 e. The third-order valence-electron chi connectivity index (χ3n) is 2.89. The van der Waals surface area contributed by atoms with Crippen molar-refractivity contribution in [1.82, 2.24) is 20.2 Å². The standard InChI is InChI=1S/C14H19BrN4O/c1-2-19-17-14(16-18-19)12-6-8-13(9-7-12)20-11-5-3-4-10-15/h6-9H,2-5,10-11H2,1H3. The second-order valence-electron chi connectivity index (χ2n) is 4.42. The fraction of sp³-hybridized carbons (Fsp3) is 0.500. The number of hydrogen-bond acceptors (Lipinski definition) is 4. The van der Waals surface area contributed by atoms with E-state index < -0.39 is 0 Å². The molecule has 1 aromatic heterocycles. The van der Waals surface area contributed by atoms with Crippen LogP contribution in [0.15, 0.2) is 24.3 Å². The second kappa shape index (κ2) is 7.99. The Hall–Kier alpha value is -1.43. The highest BCUT2D eigenvalue weighted by Gasteiger charge is 2.05. The minimum atomic E-state index is 0.649. The van der Waals surface area contributed by atoms with Gasteiger partial charge in [0, 0.05) is 10.9 Å². The summed E-state index contributed by atoms with van der Waals surface area (Å²) in [4.78, 5) is 1.57. The van der Waals surface area contributed by atoms with Crippen molar-refractivity contribution in [2.75, 3.05) is 11.9 Å². The van der Waals surface area contributed by atoms with Gasteiger partial charge in [0.05, 0.1) is 13.2 Å². The first-order valence-electron chi connectivity index (χ1n) is 6.90. The molecule has 0 N–H and O–H groups in total. The molecule has 0 radical (unpaired) electrons. The number of ether oxygens (including phenoxy) is 1. The summed E-state index contributed by atoms with van der Waals surface area (Å²) in [5.74, 6) is 1.53. The van der Waals surface area contributed by atoms with Crippen molar-refractivity contribution in [2.45, 2.75) is 32.7 Å². The molecule has 0 aliphatic carbocycles. The molecular formula is C14H19BrN4O. The lowest BCUT2D eigenvalue weighted by Crippen LogP contribution is -1.98. The summed E-state index contributed by atoms with van der Waals surface area (Å²) in [6.07, 6.45) is 3.47. The summed E-state index contributed by atoms with van der Waals surface area (Å²) in [5, 5.41) is 13.3. The molecule has 0 spiro atoms. The van der Waals surface area contributed by atoms with Crippen LogP contribution in [0.25, 0.3) is 11.4 Å². The topological polar surface area (TPSA) is 52.8 Å². The van der Waals surface area contributed by atoms with Crippen LogP contribution in [-0.4, -0.2) is 32.1 Å². The molecule has 0 amide bonds. The van der Waals surface area contributed by atoms with Crippen molar-refractivity contribution in [3.63, 3.8) is 0 Å². The van der Waals surface area contributed by atoms with Gasteiger partial charge in [0.25, 0.3) is 0 Å². The van der Waals surface area contributed by atoms with Gasteiger partial charge in [0.2, 0.25) is 5.82 Å². The quantitative estimate of drug-likeness (QED) is 0.547. The molecule has 0 bridgehead atoms. The van der Waals surface area contributed by atoms with Crippen molar-refractivity contribution in [3.8, 4) is 17.1 Å². The second-order valence-corrected chi connectivity index (χ2v) is 5.22. The van der Waals surface area contributed by atoms with Crippen LogP contribution in [0.1, 0.15) is 26.2 Å². The van der Waals surface area contributed by atoms with Crippen LogP contribution < -0.4 is 4.74 Å². The molecule has 2 rings (SSSR count). The van der Waals surface area contributed by atoms with E-state index in [9.17, 15) is 0 Å². The maximum Gasteiger partial charge on any atom is 0.204 e. The fourth-order valence-electron chi connectivity index (χ4n) is 1.76. The van der Waals surface area contributed by atoms with Crippen molar-refractivity contribution >= 4 is 15.9 Å². The largest absolute Gasteiger partial charge is 0.494 e. The van der Waals surface area contributed by atoms with Gasteiger partial charge in [0.15, 0.2) is 0 Å². The molecule has 0 unspecified atom stereocenters. The van der Waals surface area contributed by atoms with E-state index >= 15 is 0 Å². The number of aromatic nitrogens is 4. The Morgan fingerprint density at radius 3 is 2.60 bits per heavy atom. The molecule has 0 aliphatic heterocycles. The van der Waals surface area contributed by atoms with Gasteiger partial charge in [-0.2, -0.15) is 4.80 Å². The number of benzene rings is 1. The SMILES string of the molecule is CCn1nnc(-c2ccc(OCCCCCBr)cc2)n1. The van der Waals surface area contributed by atoms with E-state index in [2.05, 4.69) is 31.3 Å². The first kappa shape index (κ1) is 15.0. The van der Waals surface area contributed by atoms with E-state index in [0.717, 1.165) is 36.2 Å². The van der Waals surface area contributed by atoms with Gasteiger partial charge in [-0.3, -0.25) is 0 Å². The van der Waals surface area contributed by atoms with Crippen LogP contribution in [0.5, 0.6) is 5.75 Å². The number of hydrogen-bond donors (Lipinski definition) is 0. The van der Waals surface area contributed by atoms with Crippen molar-refractivity contribution in [3.05, 3.63) is 24.3 Å². The molecule has 0 atom stereocenters. The highest BCUT2D eigenvalue weighted by molar-refractivity contribution is 9.09. The van der Waals surface area contributed by atoms with Crippen molar-refractivity contribution in [1.29, 1.82) is 0 Å².